The standard InChI is InChI=1S/C14H13F3O3/c1-19-10-4-3-8(11(16)12(10)17)14(5-6-14)7-9(15)13(18)20-2/h3-4,7H,5-6H2,1-2H3. The number of benzene rings is 1. The lowest BCUT2D eigenvalue weighted by atomic mass is 9.94. The monoisotopic (exact) mass is 286 g/mol. The van der Waals surface area contributed by atoms with Gasteiger partial charge in [0.25, 0.3) is 0 Å². The van der Waals surface area contributed by atoms with E-state index in [1.54, 1.807) is 0 Å². The molecule has 1 fully saturated rings. The van der Waals surface area contributed by atoms with Crippen LogP contribution < -0.4 is 4.74 Å². The molecule has 3 nitrogen and oxygen atoms in total. The van der Waals surface area contributed by atoms with E-state index < -0.39 is 28.8 Å². The molecule has 1 aliphatic rings. The second kappa shape index (κ2) is 5.19. The molecule has 1 saturated carbocycles. The van der Waals surface area contributed by atoms with Crippen molar-refractivity contribution in [2.24, 2.45) is 0 Å². The molecule has 0 aliphatic heterocycles. The van der Waals surface area contributed by atoms with Crippen LogP contribution >= 0.6 is 0 Å². The van der Waals surface area contributed by atoms with Crippen molar-refractivity contribution >= 4 is 5.97 Å². The fourth-order valence-electron chi connectivity index (χ4n) is 2.10. The van der Waals surface area contributed by atoms with E-state index in [0.717, 1.165) is 13.2 Å². The van der Waals surface area contributed by atoms with Gasteiger partial charge in [0.05, 0.1) is 14.2 Å². The van der Waals surface area contributed by atoms with Gasteiger partial charge in [0.15, 0.2) is 11.6 Å². The molecule has 0 unspecified atom stereocenters. The predicted molar refractivity (Wildman–Crippen MR) is 65.0 cm³/mol. The van der Waals surface area contributed by atoms with Crippen LogP contribution in [-0.2, 0) is 14.9 Å². The highest BCUT2D eigenvalue weighted by Gasteiger charge is 2.46. The number of hydrogen-bond acceptors (Lipinski definition) is 3. The fourth-order valence-corrected chi connectivity index (χ4v) is 2.10. The third kappa shape index (κ3) is 2.37. The summed E-state index contributed by atoms with van der Waals surface area (Å²) in [4.78, 5) is 11.0. The Morgan fingerprint density at radius 2 is 1.90 bits per heavy atom. The minimum absolute atomic E-state index is 0.00912. The normalized spacial score (nSPS) is 16.8. The summed E-state index contributed by atoms with van der Waals surface area (Å²) in [6, 6.07) is 2.61. The molecule has 0 heterocycles. The highest BCUT2D eigenvalue weighted by Crippen LogP contribution is 2.51. The maximum atomic E-state index is 14.0. The minimum Gasteiger partial charge on any atom is -0.494 e. The molecule has 2 rings (SSSR count). The summed E-state index contributed by atoms with van der Waals surface area (Å²) < 4.78 is 50.1. The van der Waals surface area contributed by atoms with Crippen molar-refractivity contribution in [1.82, 2.24) is 0 Å². The van der Waals surface area contributed by atoms with Crippen LogP contribution in [0.1, 0.15) is 18.4 Å². The van der Waals surface area contributed by atoms with Gasteiger partial charge in [-0.1, -0.05) is 6.07 Å². The van der Waals surface area contributed by atoms with Gasteiger partial charge < -0.3 is 9.47 Å². The number of halogens is 3. The van der Waals surface area contributed by atoms with Crippen LogP contribution in [-0.4, -0.2) is 20.2 Å². The molecule has 0 N–H and O–H groups in total. The Labute approximate surface area is 114 Å². The Morgan fingerprint density at radius 3 is 2.40 bits per heavy atom. The summed E-state index contributed by atoms with van der Waals surface area (Å²) >= 11 is 0. The van der Waals surface area contributed by atoms with E-state index in [9.17, 15) is 18.0 Å². The molecule has 20 heavy (non-hydrogen) atoms. The number of hydrogen-bond donors (Lipinski definition) is 0. The molecule has 0 spiro atoms. The van der Waals surface area contributed by atoms with Gasteiger partial charge in [-0.05, 0) is 25.0 Å². The van der Waals surface area contributed by atoms with Gasteiger partial charge in [-0.3, -0.25) is 0 Å². The highest BCUT2D eigenvalue weighted by atomic mass is 19.2. The maximum absolute atomic E-state index is 14.0. The first kappa shape index (κ1) is 14.4. The van der Waals surface area contributed by atoms with Gasteiger partial charge in [0.1, 0.15) is 0 Å². The average Bonchev–Trinajstić information content (AvgIpc) is 3.21. The number of carbonyl (C=O) groups excluding carboxylic acids is 1. The molecule has 0 saturated heterocycles. The van der Waals surface area contributed by atoms with Crippen molar-refractivity contribution < 1.29 is 27.4 Å². The lowest BCUT2D eigenvalue weighted by Crippen LogP contribution is -2.11. The average molecular weight is 286 g/mol. The first-order chi connectivity index (χ1) is 9.45. The van der Waals surface area contributed by atoms with Gasteiger partial charge in [-0.15, -0.1) is 0 Å². The topological polar surface area (TPSA) is 35.5 Å². The zero-order valence-electron chi connectivity index (χ0n) is 11.0. The molecule has 1 aromatic rings. The van der Waals surface area contributed by atoms with E-state index in [2.05, 4.69) is 9.47 Å². The summed E-state index contributed by atoms with van der Waals surface area (Å²) in [6.45, 7) is 0. The van der Waals surface area contributed by atoms with Crippen LogP contribution in [0.4, 0.5) is 13.2 Å². The van der Waals surface area contributed by atoms with Gasteiger partial charge in [-0.25, -0.2) is 9.18 Å². The van der Waals surface area contributed by atoms with Crippen molar-refractivity contribution in [3.8, 4) is 5.75 Å². The first-order valence-corrected chi connectivity index (χ1v) is 5.94. The Morgan fingerprint density at radius 1 is 1.25 bits per heavy atom. The zero-order chi connectivity index (χ0) is 14.9. The summed E-state index contributed by atoms with van der Waals surface area (Å²) in [5, 5.41) is 0. The third-order valence-electron chi connectivity index (χ3n) is 3.38. The van der Waals surface area contributed by atoms with Crippen molar-refractivity contribution in [2.45, 2.75) is 18.3 Å². The van der Waals surface area contributed by atoms with E-state index in [1.165, 1.54) is 19.2 Å². The Hall–Kier alpha value is -1.98. The zero-order valence-corrected chi connectivity index (χ0v) is 11.0. The molecular formula is C14H13F3O3. The van der Waals surface area contributed by atoms with Gasteiger partial charge >= 0.3 is 5.97 Å². The van der Waals surface area contributed by atoms with Crippen LogP contribution in [0.15, 0.2) is 24.0 Å². The smallest absolute Gasteiger partial charge is 0.366 e. The Kier molecular flexibility index (Phi) is 3.74. The third-order valence-corrected chi connectivity index (χ3v) is 3.38. The molecule has 0 amide bonds. The van der Waals surface area contributed by atoms with Crippen molar-refractivity contribution in [2.75, 3.05) is 14.2 Å². The van der Waals surface area contributed by atoms with Crippen LogP contribution in [0.3, 0.4) is 0 Å². The minimum atomic E-state index is -1.13. The summed E-state index contributed by atoms with van der Waals surface area (Å²) in [5.41, 5.74) is -0.981. The van der Waals surface area contributed by atoms with Crippen molar-refractivity contribution in [1.29, 1.82) is 0 Å². The Balaban J connectivity index is 2.42. The summed E-state index contributed by atoms with van der Waals surface area (Å²) in [6.07, 6.45) is 1.85. The van der Waals surface area contributed by atoms with E-state index in [-0.39, 0.29) is 11.3 Å². The number of methoxy groups -OCH3 is 2. The van der Waals surface area contributed by atoms with Gasteiger partial charge in [0.2, 0.25) is 11.6 Å². The number of allylic oxidation sites excluding steroid dienone is 1. The molecule has 108 valence electrons. The maximum Gasteiger partial charge on any atom is 0.366 e. The molecule has 0 bridgehead atoms. The van der Waals surface area contributed by atoms with Crippen molar-refractivity contribution in [3.63, 3.8) is 0 Å². The van der Waals surface area contributed by atoms with Crippen LogP contribution in [0.2, 0.25) is 0 Å². The molecular weight excluding hydrogens is 273 g/mol. The number of ether oxygens (including phenoxy) is 2. The van der Waals surface area contributed by atoms with Crippen LogP contribution in [0.25, 0.3) is 0 Å². The molecule has 0 aromatic heterocycles. The molecule has 1 aliphatic carbocycles. The Bertz CT molecular complexity index is 577. The number of esters is 1. The van der Waals surface area contributed by atoms with E-state index in [0.29, 0.717) is 12.8 Å². The van der Waals surface area contributed by atoms with E-state index >= 15 is 0 Å². The van der Waals surface area contributed by atoms with Crippen LogP contribution in [0, 0.1) is 11.6 Å². The van der Waals surface area contributed by atoms with E-state index in [1.807, 2.05) is 0 Å². The summed E-state index contributed by atoms with van der Waals surface area (Å²) in [7, 11) is 2.27. The number of rotatable bonds is 4. The molecule has 0 atom stereocenters. The second-order valence-electron chi connectivity index (χ2n) is 4.58. The lowest BCUT2D eigenvalue weighted by molar-refractivity contribution is -0.137. The molecule has 0 radical (unpaired) electrons. The molecule has 1 aromatic carbocycles. The predicted octanol–water partition coefficient (Wildman–Crippen LogP) is 3.03. The lowest BCUT2D eigenvalue weighted by Gasteiger charge is -2.14. The summed E-state index contributed by atoms with van der Waals surface area (Å²) in [5.74, 6) is -4.68. The first-order valence-electron chi connectivity index (χ1n) is 5.94. The van der Waals surface area contributed by atoms with Gasteiger partial charge in [0, 0.05) is 11.0 Å². The highest BCUT2D eigenvalue weighted by molar-refractivity contribution is 5.86. The van der Waals surface area contributed by atoms with Gasteiger partial charge in [-0.2, -0.15) is 8.78 Å². The fraction of sp³-hybridized carbons (Fsp3) is 0.357. The van der Waals surface area contributed by atoms with E-state index in [4.69, 9.17) is 0 Å². The van der Waals surface area contributed by atoms with Crippen LogP contribution in [0.5, 0.6) is 5.75 Å². The quantitative estimate of drug-likeness (QED) is 0.630. The SMILES string of the molecule is COC(=O)C(F)=CC1(c2ccc(OC)c(F)c2F)CC1. The second-order valence-corrected chi connectivity index (χ2v) is 4.58. The molecule has 6 heteroatoms. The van der Waals surface area contributed by atoms with Crippen molar-refractivity contribution in [3.05, 3.63) is 41.2 Å². The largest absolute Gasteiger partial charge is 0.494 e. The number of carbonyl (C=O) groups is 1.